The van der Waals surface area contributed by atoms with Gasteiger partial charge in [0.2, 0.25) is 0 Å². The number of hydrogen-bond acceptors (Lipinski definition) is 1. The fraction of sp³-hybridized carbons (Fsp3) is 0.600. The molecule has 2 heteroatoms. The highest BCUT2D eigenvalue weighted by molar-refractivity contribution is 6.30. The topological polar surface area (TPSA) is 12.0 Å². The fourth-order valence-electron chi connectivity index (χ4n) is 2.78. The summed E-state index contributed by atoms with van der Waals surface area (Å²) in [4.78, 5) is 0. The van der Waals surface area contributed by atoms with Crippen molar-refractivity contribution >= 4 is 11.6 Å². The van der Waals surface area contributed by atoms with Crippen LogP contribution < -0.4 is 5.32 Å². The van der Waals surface area contributed by atoms with Crippen LogP contribution in [0, 0.1) is 5.41 Å². The van der Waals surface area contributed by atoms with Crippen molar-refractivity contribution in [2.45, 2.75) is 46.1 Å². The number of halogens is 1. The van der Waals surface area contributed by atoms with Crippen LogP contribution in [0.4, 0.5) is 0 Å². The second kappa shape index (κ2) is 4.99. The Morgan fingerprint density at radius 1 is 1.41 bits per heavy atom. The molecule has 1 atom stereocenters. The van der Waals surface area contributed by atoms with Gasteiger partial charge in [0.25, 0.3) is 0 Å². The molecule has 0 bridgehead atoms. The predicted octanol–water partition coefficient (Wildman–Crippen LogP) is 4.35. The Hall–Kier alpha value is -0.530. The first-order chi connectivity index (χ1) is 8.02. The van der Waals surface area contributed by atoms with Crippen molar-refractivity contribution in [1.82, 2.24) is 5.32 Å². The number of hydrogen-bond donors (Lipinski definition) is 1. The van der Waals surface area contributed by atoms with Crippen molar-refractivity contribution in [3.63, 3.8) is 0 Å². The quantitative estimate of drug-likeness (QED) is 0.771. The van der Waals surface area contributed by atoms with Crippen LogP contribution in [0.3, 0.4) is 0 Å². The second-order valence-corrected chi connectivity index (χ2v) is 6.26. The van der Waals surface area contributed by atoms with Crippen molar-refractivity contribution in [2.24, 2.45) is 5.41 Å². The van der Waals surface area contributed by atoms with E-state index in [9.17, 15) is 0 Å². The van der Waals surface area contributed by atoms with Crippen molar-refractivity contribution in [3.05, 3.63) is 34.3 Å². The van der Waals surface area contributed by atoms with Crippen molar-refractivity contribution in [3.8, 4) is 0 Å². The van der Waals surface area contributed by atoms with Gasteiger partial charge in [-0.25, -0.2) is 0 Å². The number of aryl methyl sites for hydroxylation is 1. The van der Waals surface area contributed by atoms with E-state index in [2.05, 4.69) is 38.2 Å². The molecule has 1 aliphatic rings. The van der Waals surface area contributed by atoms with Crippen LogP contribution in [0.15, 0.2) is 18.2 Å². The number of fused-ring (bicyclic) bond motifs is 1. The monoisotopic (exact) mass is 251 g/mol. The Labute approximate surface area is 110 Å². The third-order valence-electron chi connectivity index (χ3n) is 3.76. The van der Waals surface area contributed by atoms with Gasteiger partial charge < -0.3 is 5.32 Å². The summed E-state index contributed by atoms with van der Waals surface area (Å²) >= 11 is 6.14. The Morgan fingerprint density at radius 2 is 2.18 bits per heavy atom. The largest absolute Gasteiger partial charge is 0.310 e. The van der Waals surface area contributed by atoms with E-state index in [0.717, 1.165) is 11.6 Å². The Kier molecular flexibility index (Phi) is 3.79. The summed E-state index contributed by atoms with van der Waals surface area (Å²) < 4.78 is 0. The Morgan fingerprint density at radius 3 is 2.88 bits per heavy atom. The van der Waals surface area contributed by atoms with Gasteiger partial charge in [0.15, 0.2) is 0 Å². The summed E-state index contributed by atoms with van der Waals surface area (Å²) in [6.45, 7) is 7.91. The number of benzene rings is 1. The molecule has 0 aliphatic heterocycles. The standard InChI is InChI=1S/C15H22ClN/c1-4-17-14-10-15(2,3)8-7-11-5-6-12(16)9-13(11)14/h5-6,9,14,17H,4,7-8,10H2,1-3H3. The second-order valence-electron chi connectivity index (χ2n) is 5.82. The normalized spacial score (nSPS) is 22.9. The van der Waals surface area contributed by atoms with Gasteiger partial charge >= 0.3 is 0 Å². The molecule has 1 aromatic carbocycles. The summed E-state index contributed by atoms with van der Waals surface area (Å²) in [5.74, 6) is 0. The molecule has 1 nitrogen and oxygen atoms in total. The third-order valence-corrected chi connectivity index (χ3v) is 4.00. The molecule has 17 heavy (non-hydrogen) atoms. The lowest BCUT2D eigenvalue weighted by Crippen LogP contribution is -2.25. The van der Waals surface area contributed by atoms with Crippen LogP contribution in [-0.2, 0) is 6.42 Å². The molecule has 0 radical (unpaired) electrons. The minimum Gasteiger partial charge on any atom is -0.310 e. The highest BCUT2D eigenvalue weighted by Crippen LogP contribution is 2.39. The molecule has 1 unspecified atom stereocenters. The lowest BCUT2D eigenvalue weighted by Gasteiger charge is -2.27. The minimum absolute atomic E-state index is 0.401. The van der Waals surface area contributed by atoms with Gasteiger partial charge in [0.1, 0.15) is 0 Å². The van der Waals surface area contributed by atoms with Crippen LogP contribution in [0.5, 0.6) is 0 Å². The molecule has 0 heterocycles. The zero-order valence-electron chi connectivity index (χ0n) is 11.0. The Bertz CT molecular complexity index is 398. The van der Waals surface area contributed by atoms with Gasteiger partial charge in [0, 0.05) is 11.1 Å². The van der Waals surface area contributed by atoms with E-state index >= 15 is 0 Å². The molecule has 1 N–H and O–H groups in total. The predicted molar refractivity (Wildman–Crippen MR) is 74.6 cm³/mol. The molecule has 94 valence electrons. The molecule has 2 rings (SSSR count). The highest BCUT2D eigenvalue weighted by atomic mass is 35.5. The molecule has 0 spiro atoms. The highest BCUT2D eigenvalue weighted by Gasteiger charge is 2.28. The molecule has 0 saturated heterocycles. The average Bonchev–Trinajstić information content (AvgIpc) is 2.37. The molecule has 0 aromatic heterocycles. The summed E-state index contributed by atoms with van der Waals surface area (Å²) in [5, 5.41) is 4.46. The first-order valence-corrected chi connectivity index (χ1v) is 6.91. The van der Waals surface area contributed by atoms with Gasteiger partial charge in [-0.05, 0) is 54.5 Å². The van der Waals surface area contributed by atoms with Gasteiger partial charge in [-0.2, -0.15) is 0 Å². The van der Waals surface area contributed by atoms with Crippen LogP contribution in [0.1, 0.15) is 50.8 Å². The van der Waals surface area contributed by atoms with E-state index in [1.807, 2.05) is 6.07 Å². The first-order valence-electron chi connectivity index (χ1n) is 6.53. The lowest BCUT2D eigenvalue weighted by molar-refractivity contribution is 0.275. The van der Waals surface area contributed by atoms with Gasteiger partial charge in [0.05, 0.1) is 0 Å². The molecule has 0 amide bonds. The zero-order valence-corrected chi connectivity index (χ0v) is 11.8. The van der Waals surface area contributed by atoms with E-state index in [1.165, 1.54) is 30.4 Å². The van der Waals surface area contributed by atoms with Crippen LogP contribution in [-0.4, -0.2) is 6.54 Å². The zero-order chi connectivity index (χ0) is 12.5. The van der Waals surface area contributed by atoms with Crippen LogP contribution in [0.2, 0.25) is 5.02 Å². The van der Waals surface area contributed by atoms with Crippen molar-refractivity contribution < 1.29 is 0 Å². The van der Waals surface area contributed by atoms with Crippen molar-refractivity contribution in [1.29, 1.82) is 0 Å². The third kappa shape index (κ3) is 3.02. The molecule has 1 aliphatic carbocycles. The first kappa shape index (κ1) is 12.9. The van der Waals surface area contributed by atoms with E-state index in [-0.39, 0.29) is 0 Å². The number of nitrogens with one attached hydrogen (secondary N) is 1. The summed E-state index contributed by atoms with van der Waals surface area (Å²) in [6, 6.07) is 6.81. The van der Waals surface area contributed by atoms with Gasteiger partial charge in [-0.1, -0.05) is 38.4 Å². The minimum atomic E-state index is 0.401. The van der Waals surface area contributed by atoms with Crippen molar-refractivity contribution in [2.75, 3.05) is 6.54 Å². The number of rotatable bonds is 2. The van der Waals surface area contributed by atoms with E-state index in [4.69, 9.17) is 11.6 Å². The average molecular weight is 252 g/mol. The van der Waals surface area contributed by atoms with E-state index in [1.54, 1.807) is 0 Å². The molecular formula is C15H22ClN. The van der Waals surface area contributed by atoms with Gasteiger partial charge in [-0.15, -0.1) is 0 Å². The summed E-state index contributed by atoms with van der Waals surface area (Å²) in [5.41, 5.74) is 3.27. The maximum atomic E-state index is 6.14. The van der Waals surface area contributed by atoms with Crippen LogP contribution in [0.25, 0.3) is 0 Å². The van der Waals surface area contributed by atoms with Gasteiger partial charge in [-0.3, -0.25) is 0 Å². The maximum Gasteiger partial charge on any atom is 0.0409 e. The molecule has 0 fully saturated rings. The van der Waals surface area contributed by atoms with E-state index in [0.29, 0.717) is 11.5 Å². The van der Waals surface area contributed by atoms with Crippen LogP contribution >= 0.6 is 11.6 Å². The SMILES string of the molecule is CCNC1CC(C)(C)CCc2ccc(Cl)cc21. The molecule has 0 saturated carbocycles. The molecule has 1 aromatic rings. The summed E-state index contributed by atoms with van der Waals surface area (Å²) in [7, 11) is 0. The summed E-state index contributed by atoms with van der Waals surface area (Å²) in [6.07, 6.45) is 3.61. The lowest BCUT2D eigenvalue weighted by atomic mass is 9.83. The molecular weight excluding hydrogens is 230 g/mol. The maximum absolute atomic E-state index is 6.14. The smallest absolute Gasteiger partial charge is 0.0409 e. The fourth-order valence-corrected chi connectivity index (χ4v) is 2.96. The Balaban J connectivity index is 2.38. The van der Waals surface area contributed by atoms with E-state index < -0.39 is 0 Å².